The summed E-state index contributed by atoms with van der Waals surface area (Å²) in [7, 11) is 1.69. The zero-order valence-electron chi connectivity index (χ0n) is 16.2. The predicted molar refractivity (Wildman–Crippen MR) is 112 cm³/mol. The predicted octanol–water partition coefficient (Wildman–Crippen LogP) is 5.27. The van der Waals surface area contributed by atoms with Crippen molar-refractivity contribution in [1.82, 2.24) is 4.90 Å². The summed E-state index contributed by atoms with van der Waals surface area (Å²) in [6.07, 6.45) is 2.50. The molecular weight excluding hydrogens is 346 g/mol. The molecule has 4 rings (SSSR count). The van der Waals surface area contributed by atoms with Gasteiger partial charge in [-0.2, -0.15) is 0 Å². The molecule has 1 saturated heterocycles. The minimum absolute atomic E-state index is 0.124. The number of hydrogen-bond acceptors (Lipinski definition) is 2. The second-order valence-corrected chi connectivity index (χ2v) is 7.23. The van der Waals surface area contributed by atoms with Crippen molar-refractivity contribution in [2.45, 2.75) is 25.3 Å². The standard InChI is InChI=1S/C25H25NO2/c1-28-21-12-7-11-20(18-21)22-13-5-6-14-23(22)24-15-8-16-26(24)25(27)17-19-9-3-2-4-10-19/h2-7,9-14,18,24H,8,15-17H2,1H3/t24-/m1/s1. The molecule has 0 aromatic heterocycles. The maximum absolute atomic E-state index is 13.1. The van der Waals surface area contributed by atoms with Gasteiger partial charge in [-0.3, -0.25) is 4.79 Å². The fraction of sp³-hybridized carbons (Fsp3) is 0.240. The zero-order valence-corrected chi connectivity index (χ0v) is 16.2. The first-order valence-corrected chi connectivity index (χ1v) is 9.83. The van der Waals surface area contributed by atoms with Gasteiger partial charge < -0.3 is 9.64 Å². The molecule has 3 aromatic rings. The number of carbonyl (C=O) groups excluding carboxylic acids is 1. The lowest BCUT2D eigenvalue weighted by Gasteiger charge is -2.27. The van der Waals surface area contributed by atoms with Crippen molar-refractivity contribution in [2.75, 3.05) is 13.7 Å². The molecule has 0 spiro atoms. The van der Waals surface area contributed by atoms with Crippen LogP contribution in [-0.2, 0) is 11.2 Å². The van der Waals surface area contributed by atoms with Gasteiger partial charge in [0.15, 0.2) is 0 Å². The number of likely N-dealkylation sites (tertiary alicyclic amines) is 1. The Balaban J connectivity index is 1.64. The molecule has 1 aliphatic rings. The number of carbonyl (C=O) groups is 1. The van der Waals surface area contributed by atoms with Crippen LogP contribution < -0.4 is 4.74 Å². The quantitative estimate of drug-likeness (QED) is 0.611. The van der Waals surface area contributed by atoms with Gasteiger partial charge >= 0.3 is 0 Å². The highest BCUT2D eigenvalue weighted by Gasteiger charge is 2.31. The van der Waals surface area contributed by atoms with E-state index in [1.54, 1.807) is 7.11 Å². The van der Waals surface area contributed by atoms with E-state index in [2.05, 4.69) is 41.3 Å². The summed E-state index contributed by atoms with van der Waals surface area (Å²) in [5.41, 5.74) is 4.58. The molecule has 0 bridgehead atoms. The highest BCUT2D eigenvalue weighted by molar-refractivity contribution is 5.80. The number of nitrogens with zero attached hydrogens (tertiary/aromatic N) is 1. The Hall–Kier alpha value is -3.07. The third-order valence-electron chi connectivity index (χ3n) is 5.47. The molecule has 0 saturated carbocycles. The van der Waals surface area contributed by atoms with Crippen molar-refractivity contribution in [3.05, 3.63) is 90.0 Å². The Morgan fingerprint density at radius 1 is 1.00 bits per heavy atom. The molecule has 1 fully saturated rings. The van der Waals surface area contributed by atoms with Crippen LogP contribution in [0, 0.1) is 0 Å². The highest BCUT2D eigenvalue weighted by Crippen LogP contribution is 2.38. The van der Waals surface area contributed by atoms with Gasteiger partial charge in [0, 0.05) is 6.54 Å². The van der Waals surface area contributed by atoms with E-state index in [1.807, 2.05) is 42.5 Å². The van der Waals surface area contributed by atoms with Crippen LogP contribution in [0.4, 0.5) is 0 Å². The third-order valence-corrected chi connectivity index (χ3v) is 5.47. The second-order valence-electron chi connectivity index (χ2n) is 7.23. The summed E-state index contributed by atoms with van der Waals surface area (Å²) in [5, 5.41) is 0. The molecule has 3 nitrogen and oxygen atoms in total. The molecule has 3 heteroatoms. The van der Waals surface area contributed by atoms with Crippen molar-refractivity contribution in [1.29, 1.82) is 0 Å². The molecule has 0 N–H and O–H groups in total. The number of benzene rings is 3. The lowest BCUT2D eigenvalue weighted by Crippen LogP contribution is -2.32. The summed E-state index contributed by atoms with van der Waals surface area (Å²) in [4.78, 5) is 15.1. The second kappa shape index (κ2) is 8.30. The van der Waals surface area contributed by atoms with E-state index in [0.29, 0.717) is 6.42 Å². The van der Waals surface area contributed by atoms with Crippen LogP contribution in [0.5, 0.6) is 5.75 Å². The molecule has 1 atom stereocenters. The lowest BCUT2D eigenvalue weighted by atomic mass is 9.93. The van der Waals surface area contributed by atoms with Crippen LogP contribution in [0.2, 0.25) is 0 Å². The molecule has 1 aliphatic heterocycles. The van der Waals surface area contributed by atoms with Crippen LogP contribution in [0.15, 0.2) is 78.9 Å². The first kappa shape index (κ1) is 18.3. The van der Waals surface area contributed by atoms with Crippen molar-refractivity contribution in [3.8, 4) is 16.9 Å². The molecule has 142 valence electrons. The molecule has 1 amide bonds. The van der Waals surface area contributed by atoms with Crippen molar-refractivity contribution >= 4 is 5.91 Å². The average Bonchev–Trinajstić information content (AvgIpc) is 3.24. The number of amides is 1. The SMILES string of the molecule is COc1cccc(-c2ccccc2[C@H]2CCCN2C(=O)Cc2ccccc2)c1. The first-order valence-electron chi connectivity index (χ1n) is 9.83. The minimum atomic E-state index is 0.124. The Morgan fingerprint density at radius 3 is 2.61 bits per heavy atom. The van der Waals surface area contributed by atoms with E-state index in [0.717, 1.165) is 36.3 Å². The molecule has 28 heavy (non-hydrogen) atoms. The van der Waals surface area contributed by atoms with Crippen LogP contribution in [0.3, 0.4) is 0 Å². The lowest BCUT2D eigenvalue weighted by molar-refractivity contribution is -0.131. The molecule has 0 unspecified atom stereocenters. The van der Waals surface area contributed by atoms with Gasteiger partial charge in [-0.15, -0.1) is 0 Å². The van der Waals surface area contributed by atoms with Crippen LogP contribution in [0.25, 0.3) is 11.1 Å². The van der Waals surface area contributed by atoms with E-state index < -0.39 is 0 Å². The Morgan fingerprint density at radius 2 is 1.79 bits per heavy atom. The van der Waals surface area contributed by atoms with Gasteiger partial charge in [-0.1, -0.05) is 66.7 Å². The summed E-state index contributed by atoms with van der Waals surface area (Å²) < 4.78 is 5.40. The van der Waals surface area contributed by atoms with Gasteiger partial charge in [0.2, 0.25) is 5.91 Å². The Kier molecular flexibility index (Phi) is 5.43. The summed E-state index contributed by atoms with van der Waals surface area (Å²) in [6.45, 7) is 0.822. The number of hydrogen-bond donors (Lipinski definition) is 0. The monoisotopic (exact) mass is 371 g/mol. The third kappa shape index (κ3) is 3.79. The minimum Gasteiger partial charge on any atom is -0.497 e. The van der Waals surface area contributed by atoms with Crippen molar-refractivity contribution < 1.29 is 9.53 Å². The molecule has 1 heterocycles. The summed E-state index contributed by atoms with van der Waals surface area (Å²) in [5.74, 6) is 1.05. The zero-order chi connectivity index (χ0) is 19.3. The van der Waals surface area contributed by atoms with E-state index in [1.165, 1.54) is 11.1 Å². The fourth-order valence-corrected chi connectivity index (χ4v) is 4.10. The Labute approximate surface area is 166 Å². The fourth-order valence-electron chi connectivity index (χ4n) is 4.10. The van der Waals surface area contributed by atoms with E-state index in [9.17, 15) is 4.79 Å². The van der Waals surface area contributed by atoms with Gasteiger partial charge in [0.05, 0.1) is 19.6 Å². The van der Waals surface area contributed by atoms with Crippen LogP contribution in [0.1, 0.15) is 30.0 Å². The van der Waals surface area contributed by atoms with Gasteiger partial charge in [0.1, 0.15) is 5.75 Å². The number of methoxy groups -OCH3 is 1. The highest BCUT2D eigenvalue weighted by atomic mass is 16.5. The van der Waals surface area contributed by atoms with E-state index >= 15 is 0 Å². The van der Waals surface area contributed by atoms with Crippen molar-refractivity contribution in [3.63, 3.8) is 0 Å². The first-order chi connectivity index (χ1) is 13.8. The number of rotatable bonds is 5. The van der Waals surface area contributed by atoms with Crippen molar-refractivity contribution in [2.24, 2.45) is 0 Å². The van der Waals surface area contributed by atoms with E-state index in [-0.39, 0.29) is 11.9 Å². The molecular formula is C25H25NO2. The summed E-state index contributed by atoms with van der Waals surface area (Å²) in [6, 6.07) is 26.7. The topological polar surface area (TPSA) is 29.5 Å². The normalized spacial score (nSPS) is 16.2. The smallest absolute Gasteiger partial charge is 0.227 e. The average molecular weight is 371 g/mol. The van der Waals surface area contributed by atoms with E-state index in [4.69, 9.17) is 4.74 Å². The van der Waals surface area contributed by atoms with Crippen LogP contribution >= 0.6 is 0 Å². The molecule has 0 radical (unpaired) electrons. The molecule has 3 aromatic carbocycles. The van der Waals surface area contributed by atoms with Gasteiger partial charge in [-0.05, 0) is 47.2 Å². The van der Waals surface area contributed by atoms with Gasteiger partial charge in [-0.25, -0.2) is 0 Å². The van der Waals surface area contributed by atoms with Gasteiger partial charge in [0.25, 0.3) is 0 Å². The summed E-state index contributed by atoms with van der Waals surface area (Å²) >= 11 is 0. The maximum atomic E-state index is 13.1. The largest absolute Gasteiger partial charge is 0.497 e. The maximum Gasteiger partial charge on any atom is 0.227 e. The van der Waals surface area contributed by atoms with Crippen LogP contribution in [-0.4, -0.2) is 24.5 Å². The number of ether oxygens (including phenoxy) is 1. The molecule has 0 aliphatic carbocycles. The Bertz CT molecular complexity index is 952.